The largest absolute Gasteiger partial charge is 0.394 e. The van der Waals surface area contributed by atoms with Gasteiger partial charge < -0.3 is 9.84 Å². The number of hydrogen-bond donors (Lipinski definition) is 1. The molecule has 0 amide bonds. The van der Waals surface area contributed by atoms with Gasteiger partial charge in [0.05, 0.1) is 25.4 Å². The average molecular weight is 284 g/mol. The molecule has 0 bridgehead atoms. The topological polar surface area (TPSA) is 49.8 Å². The van der Waals surface area contributed by atoms with Crippen LogP contribution >= 0.6 is 11.6 Å². The molecular weight excluding hydrogens is 266 g/mol. The van der Waals surface area contributed by atoms with Crippen LogP contribution in [0, 0.1) is 0 Å². The highest BCUT2D eigenvalue weighted by molar-refractivity contribution is 6.30. The predicted molar refractivity (Wildman–Crippen MR) is 73.6 cm³/mol. The highest BCUT2D eigenvalue weighted by Crippen LogP contribution is 2.13. The van der Waals surface area contributed by atoms with E-state index in [0.717, 1.165) is 0 Å². The van der Waals surface area contributed by atoms with E-state index in [9.17, 15) is 4.79 Å². The molecule has 1 aromatic rings. The van der Waals surface area contributed by atoms with Crippen molar-refractivity contribution in [1.82, 2.24) is 4.90 Å². The Morgan fingerprint density at radius 2 is 2.11 bits per heavy atom. The third-order valence-electron chi connectivity index (χ3n) is 3.14. The molecule has 1 aromatic carbocycles. The molecule has 2 atom stereocenters. The molecule has 1 N–H and O–H groups in total. The number of aliphatic hydroxyl groups is 1. The zero-order chi connectivity index (χ0) is 13.8. The van der Waals surface area contributed by atoms with Crippen LogP contribution in [-0.2, 0) is 4.74 Å². The van der Waals surface area contributed by atoms with Crippen molar-refractivity contribution < 1.29 is 14.6 Å². The molecule has 5 heteroatoms. The lowest BCUT2D eigenvalue weighted by molar-refractivity contribution is -0.0926. The first-order valence-corrected chi connectivity index (χ1v) is 6.73. The first kappa shape index (κ1) is 14.5. The van der Waals surface area contributed by atoms with E-state index < -0.39 is 0 Å². The maximum Gasteiger partial charge on any atom is 0.176 e. The van der Waals surface area contributed by atoms with E-state index in [1.807, 2.05) is 11.8 Å². The van der Waals surface area contributed by atoms with E-state index in [4.69, 9.17) is 21.4 Å². The Morgan fingerprint density at radius 3 is 2.74 bits per heavy atom. The Labute approximate surface area is 117 Å². The summed E-state index contributed by atoms with van der Waals surface area (Å²) in [5, 5.41) is 9.78. The number of Topliss-reactive ketones (excluding diaryl/α,β-unsaturated/α-hetero) is 1. The van der Waals surface area contributed by atoms with Crippen molar-refractivity contribution in [2.45, 2.75) is 19.1 Å². The Balaban J connectivity index is 1.96. The lowest BCUT2D eigenvalue weighted by Gasteiger charge is -2.35. The van der Waals surface area contributed by atoms with Crippen molar-refractivity contribution in [1.29, 1.82) is 0 Å². The number of aliphatic hydroxyl groups excluding tert-OH is 1. The zero-order valence-electron chi connectivity index (χ0n) is 10.9. The highest BCUT2D eigenvalue weighted by Gasteiger charge is 2.26. The average Bonchev–Trinajstić information content (AvgIpc) is 2.38. The van der Waals surface area contributed by atoms with E-state index >= 15 is 0 Å². The minimum atomic E-state index is -0.207. The number of morpholine rings is 1. The van der Waals surface area contributed by atoms with E-state index in [1.165, 1.54) is 0 Å². The summed E-state index contributed by atoms with van der Waals surface area (Å²) in [6.07, 6.45) is -0.175. The van der Waals surface area contributed by atoms with Gasteiger partial charge in [0.15, 0.2) is 5.78 Å². The smallest absolute Gasteiger partial charge is 0.176 e. The fourth-order valence-corrected chi connectivity index (χ4v) is 2.43. The minimum absolute atomic E-state index is 0.0179. The Kier molecular flexibility index (Phi) is 4.93. The SMILES string of the molecule is CC1CN(CC(=O)c2ccc(Cl)cc2)CC(CO)O1. The van der Waals surface area contributed by atoms with Gasteiger partial charge in [0.25, 0.3) is 0 Å². The van der Waals surface area contributed by atoms with Gasteiger partial charge in [-0.25, -0.2) is 0 Å². The molecule has 1 heterocycles. The Morgan fingerprint density at radius 1 is 1.42 bits per heavy atom. The Bertz CT molecular complexity index is 435. The monoisotopic (exact) mass is 283 g/mol. The maximum atomic E-state index is 12.1. The number of nitrogens with zero attached hydrogens (tertiary/aromatic N) is 1. The van der Waals surface area contributed by atoms with Gasteiger partial charge in [-0.1, -0.05) is 11.6 Å². The molecule has 1 fully saturated rings. The molecule has 1 aliphatic rings. The lowest BCUT2D eigenvalue weighted by atomic mass is 10.1. The van der Waals surface area contributed by atoms with Gasteiger partial charge in [-0.2, -0.15) is 0 Å². The van der Waals surface area contributed by atoms with Crippen LogP contribution in [0.3, 0.4) is 0 Å². The fourth-order valence-electron chi connectivity index (χ4n) is 2.30. The molecule has 104 valence electrons. The van der Waals surface area contributed by atoms with Crippen LogP contribution < -0.4 is 0 Å². The zero-order valence-corrected chi connectivity index (χ0v) is 11.6. The first-order valence-electron chi connectivity index (χ1n) is 6.36. The molecule has 2 rings (SSSR count). The number of ketones is 1. The molecule has 0 saturated carbocycles. The van der Waals surface area contributed by atoms with E-state index in [-0.39, 0.29) is 24.6 Å². The minimum Gasteiger partial charge on any atom is -0.394 e. The lowest BCUT2D eigenvalue weighted by Crippen LogP contribution is -2.49. The number of halogens is 1. The molecule has 1 aliphatic heterocycles. The van der Waals surface area contributed by atoms with Crippen LogP contribution in [0.5, 0.6) is 0 Å². The molecule has 0 radical (unpaired) electrons. The highest BCUT2D eigenvalue weighted by atomic mass is 35.5. The summed E-state index contributed by atoms with van der Waals surface area (Å²) in [6, 6.07) is 6.90. The second-order valence-electron chi connectivity index (χ2n) is 4.88. The standard InChI is InChI=1S/C14H18ClNO3/c1-10-6-16(7-13(9-17)19-10)8-14(18)11-2-4-12(15)5-3-11/h2-5,10,13,17H,6-9H2,1H3. The third kappa shape index (κ3) is 4.01. The summed E-state index contributed by atoms with van der Waals surface area (Å²) in [5.74, 6) is 0.0578. The van der Waals surface area contributed by atoms with Crippen molar-refractivity contribution in [3.63, 3.8) is 0 Å². The van der Waals surface area contributed by atoms with Crippen LogP contribution in [0.2, 0.25) is 5.02 Å². The van der Waals surface area contributed by atoms with Crippen LogP contribution in [0.1, 0.15) is 17.3 Å². The van der Waals surface area contributed by atoms with Crippen LogP contribution in [-0.4, -0.2) is 54.2 Å². The molecule has 4 nitrogen and oxygen atoms in total. The van der Waals surface area contributed by atoms with Gasteiger partial charge in [0.2, 0.25) is 0 Å². The summed E-state index contributed by atoms with van der Waals surface area (Å²) in [4.78, 5) is 14.2. The van der Waals surface area contributed by atoms with Gasteiger partial charge in [-0.15, -0.1) is 0 Å². The number of ether oxygens (including phenoxy) is 1. The molecular formula is C14H18ClNO3. The van der Waals surface area contributed by atoms with E-state index in [1.54, 1.807) is 24.3 Å². The predicted octanol–water partition coefficient (Wildman–Crippen LogP) is 1.60. The number of rotatable bonds is 4. The number of carbonyl (C=O) groups is 1. The van der Waals surface area contributed by atoms with E-state index in [2.05, 4.69) is 0 Å². The molecule has 1 saturated heterocycles. The molecule has 2 unspecified atom stereocenters. The van der Waals surface area contributed by atoms with Gasteiger partial charge >= 0.3 is 0 Å². The molecule has 19 heavy (non-hydrogen) atoms. The van der Waals surface area contributed by atoms with Gasteiger partial charge in [0.1, 0.15) is 0 Å². The molecule has 0 aromatic heterocycles. The second kappa shape index (κ2) is 6.48. The summed E-state index contributed by atoms with van der Waals surface area (Å²) < 4.78 is 5.55. The van der Waals surface area contributed by atoms with Crippen molar-refractivity contribution in [3.8, 4) is 0 Å². The van der Waals surface area contributed by atoms with Crippen LogP contribution in [0.4, 0.5) is 0 Å². The summed E-state index contributed by atoms with van der Waals surface area (Å²) >= 11 is 5.80. The first-order chi connectivity index (χ1) is 9.08. The number of hydrogen-bond acceptors (Lipinski definition) is 4. The van der Waals surface area contributed by atoms with Crippen LogP contribution in [0.25, 0.3) is 0 Å². The van der Waals surface area contributed by atoms with Crippen molar-refractivity contribution in [2.75, 3.05) is 26.2 Å². The second-order valence-corrected chi connectivity index (χ2v) is 5.31. The van der Waals surface area contributed by atoms with E-state index in [0.29, 0.717) is 30.2 Å². The van der Waals surface area contributed by atoms with Crippen LogP contribution in [0.15, 0.2) is 24.3 Å². The normalized spacial score (nSPS) is 24.4. The maximum absolute atomic E-state index is 12.1. The summed E-state index contributed by atoms with van der Waals surface area (Å²) in [7, 11) is 0. The van der Waals surface area contributed by atoms with Gasteiger partial charge in [-0.3, -0.25) is 9.69 Å². The Hall–Kier alpha value is -0.940. The van der Waals surface area contributed by atoms with Crippen molar-refractivity contribution in [2.24, 2.45) is 0 Å². The number of benzene rings is 1. The van der Waals surface area contributed by atoms with Gasteiger partial charge in [0, 0.05) is 23.7 Å². The quantitative estimate of drug-likeness (QED) is 0.853. The summed E-state index contributed by atoms with van der Waals surface area (Å²) in [6.45, 7) is 3.55. The summed E-state index contributed by atoms with van der Waals surface area (Å²) in [5.41, 5.74) is 0.657. The molecule has 0 aliphatic carbocycles. The molecule has 0 spiro atoms. The third-order valence-corrected chi connectivity index (χ3v) is 3.39. The number of carbonyl (C=O) groups excluding carboxylic acids is 1. The van der Waals surface area contributed by atoms with Gasteiger partial charge in [-0.05, 0) is 31.2 Å². The van der Waals surface area contributed by atoms with Crippen molar-refractivity contribution in [3.05, 3.63) is 34.9 Å². The van der Waals surface area contributed by atoms with Crippen molar-refractivity contribution >= 4 is 17.4 Å². The fraction of sp³-hybridized carbons (Fsp3) is 0.500.